The molecule has 85 heavy (non-hydrogen) atoms. The minimum absolute atomic E-state index is 0.0362. The maximum Gasteiger partial charge on any atom is 0.307 e. The molecule has 12 nitrogen and oxygen atoms in total. The summed E-state index contributed by atoms with van der Waals surface area (Å²) in [6.45, 7) is 12.9. The second kappa shape index (κ2) is 23.9. The fraction of sp³-hybridized carbons (Fsp3) is 0.582. The third-order valence-corrected chi connectivity index (χ3v) is 22.7. The fourth-order valence-corrected chi connectivity index (χ4v) is 17.8. The molecule has 0 radical (unpaired) electrons. The lowest BCUT2D eigenvalue weighted by molar-refractivity contribution is -0.142. The van der Waals surface area contributed by atoms with Gasteiger partial charge in [0.05, 0.1) is 16.7 Å². The maximum absolute atomic E-state index is 16.0. The predicted molar refractivity (Wildman–Crippen MR) is 327 cm³/mol. The lowest BCUT2D eigenvalue weighted by Crippen LogP contribution is -2.52. The van der Waals surface area contributed by atoms with Gasteiger partial charge in [-0.05, 0) is 189 Å². The van der Waals surface area contributed by atoms with Crippen LogP contribution >= 0.6 is 46.4 Å². The molecule has 2 amide bonds. The summed E-state index contributed by atoms with van der Waals surface area (Å²) in [6.07, 6.45) is 16.8. The van der Waals surface area contributed by atoms with Crippen LogP contribution in [-0.2, 0) is 39.6 Å². The molecule has 2 aromatic heterocycles. The van der Waals surface area contributed by atoms with Crippen molar-refractivity contribution in [3.8, 4) is 0 Å². The number of carboxylic acids is 1. The van der Waals surface area contributed by atoms with E-state index in [9.17, 15) is 33.9 Å². The highest BCUT2D eigenvalue weighted by molar-refractivity contribution is 6.32. The van der Waals surface area contributed by atoms with Crippen molar-refractivity contribution >= 4 is 92.9 Å². The van der Waals surface area contributed by atoms with Crippen molar-refractivity contribution in [3.05, 3.63) is 115 Å². The van der Waals surface area contributed by atoms with Crippen LogP contribution in [0.25, 0.3) is 0 Å². The quantitative estimate of drug-likeness (QED) is 0.0990. The zero-order chi connectivity index (χ0) is 61.3. The Bertz CT molecular complexity index is 3310. The summed E-state index contributed by atoms with van der Waals surface area (Å²) in [5, 5.41) is 16.8. The number of benzene rings is 2. The number of carboxylic acid groups (broad SMARTS) is 1. The summed E-state index contributed by atoms with van der Waals surface area (Å²) in [6, 6.07) is 14.0. The molecule has 2 aromatic carbocycles. The number of ketones is 3. The molecule has 8 aliphatic rings. The van der Waals surface area contributed by atoms with Gasteiger partial charge in [0.25, 0.3) is 0 Å². The predicted octanol–water partition coefficient (Wildman–Crippen LogP) is 15.7. The Hall–Kier alpha value is -4.86. The largest absolute Gasteiger partial charge is 0.481 e. The van der Waals surface area contributed by atoms with Crippen molar-refractivity contribution in [1.82, 2.24) is 9.97 Å². The minimum Gasteiger partial charge on any atom is -0.481 e. The molecule has 5 N–H and O–H groups in total. The number of aromatic nitrogens is 2. The Morgan fingerprint density at radius 2 is 1.00 bits per heavy atom. The molecule has 12 rings (SSSR count). The van der Waals surface area contributed by atoms with E-state index in [0.717, 1.165) is 89.0 Å². The van der Waals surface area contributed by atoms with E-state index in [4.69, 9.17) is 52.1 Å². The van der Waals surface area contributed by atoms with E-state index in [-0.39, 0.29) is 73.9 Å². The van der Waals surface area contributed by atoms with Gasteiger partial charge in [-0.25, -0.2) is 18.7 Å². The van der Waals surface area contributed by atoms with Crippen LogP contribution in [0.3, 0.4) is 0 Å². The molecule has 4 heterocycles. The number of nitrogens with two attached hydrogens (primary N) is 1. The molecule has 18 heteroatoms. The van der Waals surface area contributed by atoms with Gasteiger partial charge in [0.2, 0.25) is 11.8 Å². The summed E-state index contributed by atoms with van der Waals surface area (Å²) >= 11 is 24.9. The first-order chi connectivity index (χ1) is 40.2. The topological polar surface area (TPSA) is 199 Å². The van der Waals surface area contributed by atoms with Crippen LogP contribution < -0.4 is 16.4 Å². The van der Waals surface area contributed by atoms with Crippen LogP contribution in [0.2, 0.25) is 20.4 Å². The van der Waals surface area contributed by atoms with E-state index in [1.807, 2.05) is 19.9 Å². The highest BCUT2D eigenvalue weighted by Crippen LogP contribution is 2.74. The number of nitrogens with zero attached hydrogens (tertiary/aromatic N) is 2. The van der Waals surface area contributed by atoms with Crippen LogP contribution in [-0.4, -0.2) is 56.2 Å². The van der Waals surface area contributed by atoms with Gasteiger partial charge in [-0.1, -0.05) is 100 Å². The lowest BCUT2D eigenvalue weighted by Gasteiger charge is -2.51. The highest BCUT2D eigenvalue weighted by atomic mass is 35.5. The number of Topliss-reactive ketones (excluding diaryl/α,β-unsaturated/α-hetero) is 3. The Morgan fingerprint density at radius 3 is 1.40 bits per heavy atom. The smallest absolute Gasteiger partial charge is 0.307 e. The molecule has 6 saturated carbocycles. The zero-order valence-electron chi connectivity index (χ0n) is 49.5. The number of fused-ring (bicyclic) bond motifs is 6. The van der Waals surface area contributed by atoms with E-state index in [0.29, 0.717) is 76.8 Å². The molecule has 0 saturated heterocycles. The van der Waals surface area contributed by atoms with E-state index in [1.165, 1.54) is 18.5 Å². The number of anilines is 2. The van der Waals surface area contributed by atoms with E-state index in [2.05, 4.69) is 48.3 Å². The SMILES string of the molecule is CC1(C)CCC2(CC1)C[C@@H](C(=O)O)[C@H](c1ccnc(Cl)c1F)C21C(=O)Nc2cc(Cl)ccc21.CCCC(=O)C1CC(CC(=O)[C@@H]2CC3(CCC(C)(C)CC3)[C@@]3(C(=O)Nc4cc(Cl)ccc43)[C@H]2c2ccnc(Cl)c2F)C1.CCCC(=O)C1CC(N)C1. The first-order valence-corrected chi connectivity index (χ1v) is 32.1. The van der Waals surface area contributed by atoms with Crippen LogP contribution in [0.4, 0.5) is 20.2 Å². The second-order valence-electron chi connectivity index (χ2n) is 27.8. The molecule has 4 aromatic rings. The summed E-state index contributed by atoms with van der Waals surface area (Å²) in [5.41, 5.74) is 5.24. The Kier molecular flexibility index (Phi) is 17.8. The van der Waals surface area contributed by atoms with Crippen molar-refractivity contribution in [3.63, 3.8) is 0 Å². The van der Waals surface area contributed by atoms with Gasteiger partial charge in [0.15, 0.2) is 21.9 Å². The van der Waals surface area contributed by atoms with Crippen LogP contribution in [0, 0.1) is 62.9 Å². The molecular weight excluding hydrogens is 1170 g/mol. The molecule has 1 unspecified atom stereocenters. The van der Waals surface area contributed by atoms with Crippen molar-refractivity contribution in [1.29, 1.82) is 0 Å². The maximum atomic E-state index is 16.0. The van der Waals surface area contributed by atoms with Gasteiger partial charge in [-0.2, -0.15) is 0 Å². The molecule has 2 aliphatic heterocycles. The first-order valence-electron chi connectivity index (χ1n) is 30.6. The third-order valence-electron chi connectivity index (χ3n) is 21.7. The average molecular weight is 1250 g/mol. The third kappa shape index (κ3) is 11.0. The molecular formula is C67H79Cl4F2N5O7. The number of pyridine rings is 2. The van der Waals surface area contributed by atoms with Gasteiger partial charge in [-0.3, -0.25) is 28.8 Å². The molecule has 4 spiro atoms. The Morgan fingerprint density at radius 1 is 0.600 bits per heavy atom. The van der Waals surface area contributed by atoms with Crippen molar-refractivity contribution in [2.45, 2.75) is 192 Å². The van der Waals surface area contributed by atoms with Crippen LogP contribution in [0.15, 0.2) is 60.9 Å². The molecule has 6 atom stereocenters. The molecule has 6 aliphatic carbocycles. The number of halogens is 6. The standard InChI is InChI=1S/C34H39Cl2FN2O3.C25H25Cl2FN2O3.C8H15NO/c1-4-5-26(40)20-14-19(15-20)16-27(41)23-18-33(11-9-32(2,3)10-12-33)34(28(23)22-8-13-38-30(36)29(22)37)24-7-6-21(35)17-25(24)39-31(34)42;1-23(2)6-8-24(9-7-23)12-15(21(31)32)18(14-5-10-29-20(27)19(14)28)25(24)16-4-3-13(26)11-17(16)30-22(25)33;1-2-3-8(10)6-4-7(9)5-6/h6-8,13,17,19-20,23,28H,4-5,9-12,14-16,18H2,1-3H3,(H,39,42);3-5,10-11,15,18H,6-9,12H2,1-2H3,(H,30,33)(H,31,32);6-7H,2-5,9H2,1H3/t19?,20?,23-,28-,34+;15-,18+,25?;/m01./s1. The second-order valence-corrected chi connectivity index (χ2v) is 29.4. The van der Waals surface area contributed by atoms with Gasteiger partial charge in [0.1, 0.15) is 17.3 Å². The summed E-state index contributed by atoms with van der Waals surface area (Å²) in [7, 11) is 0. The normalized spacial score (nSPS) is 30.2. The van der Waals surface area contributed by atoms with E-state index >= 15 is 8.78 Å². The number of hydrogen-bond donors (Lipinski definition) is 4. The average Bonchev–Trinajstić information content (AvgIpc) is 1.53. The fourth-order valence-electron chi connectivity index (χ4n) is 17.2. The van der Waals surface area contributed by atoms with Crippen molar-refractivity contribution in [2.24, 2.45) is 57.0 Å². The molecule has 456 valence electrons. The highest BCUT2D eigenvalue weighted by Gasteiger charge is 2.74. The summed E-state index contributed by atoms with van der Waals surface area (Å²) in [4.78, 5) is 86.9. The number of aliphatic carboxylic acids is 1. The summed E-state index contributed by atoms with van der Waals surface area (Å²) in [5.74, 6) is -4.91. The first kappa shape index (κ1) is 63.2. The van der Waals surface area contributed by atoms with Gasteiger partial charge >= 0.3 is 5.97 Å². The van der Waals surface area contributed by atoms with Gasteiger partial charge in [-0.15, -0.1) is 0 Å². The van der Waals surface area contributed by atoms with Crippen LogP contribution in [0.1, 0.15) is 198 Å². The number of rotatable bonds is 12. The molecule has 6 fully saturated rings. The summed E-state index contributed by atoms with van der Waals surface area (Å²) < 4.78 is 31.5. The van der Waals surface area contributed by atoms with Gasteiger partial charge < -0.3 is 21.5 Å². The van der Waals surface area contributed by atoms with Gasteiger partial charge in [0, 0.05) is 88.7 Å². The Balaban J connectivity index is 0.000000166. The molecule has 0 bridgehead atoms. The lowest BCUT2D eigenvalue weighted by atomic mass is 9.51. The van der Waals surface area contributed by atoms with E-state index < -0.39 is 62.9 Å². The number of nitrogens with one attached hydrogen (secondary N) is 2. The van der Waals surface area contributed by atoms with E-state index in [1.54, 1.807) is 36.4 Å². The van der Waals surface area contributed by atoms with Crippen molar-refractivity contribution in [2.75, 3.05) is 10.6 Å². The number of hydrogen-bond acceptors (Lipinski definition) is 9. The minimum atomic E-state index is -1.25. The number of amides is 2. The monoisotopic (exact) mass is 1240 g/mol. The van der Waals surface area contributed by atoms with Crippen molar-refractivity contribution < 1.29 is 42.7 Å². The van der Waals surface area contributed by atoms with Crippen LogP contribution in [0.5, 0.6) is 0 Å². The number of carbonyl (C=O) groups is 6. The Labute approximate surface area is 517 Å². The zero-order valence-corrected chi connectivity index (χ0v) is 52.5. The number of carbonyl (C=O) groups excluding carboxylic acids is 5.